The van der Waals surface area contributed by atoms with Gasteiger partial charge in [0.05, 0.1) is 5.01 Å². The summed E-state index contributed by atoms with van der Waals surface area (Å²) in [5, 5.41) is 4.80. The molecule has 1 rings (SSSR count). The summed E-state index contributed by atoms with van der Waals surface area (Å²) in [4.78, 5) is 5.63. The number of nitrogens with one attached hydrogen (secondary N) is 1. The van der Waals surface area contributed by atoms with Crippen molar-refractivity contribution >= 4 is 23.1 Å². The summed E-state index contributed by atoms with van der Waals surface area (Å²) in [7, 11) is 0. The molecule has 0 spiro atoms. The first kappa shape index (κ1) is 13.0. The molecular weight excluding hydrogens is 224 g/mol. The van der Waals surface area contributed by atoms with Crippen molar-refractivity contribution in [3.63, 3.8) is 0 Å². The van der Waals surface area contributed by atoms with Crippen molar-refractivity contribution < 1.29 is 0 Å². The minimum Gasteiger partial charge on any atom is -0.306 e. The monoisotopic (exact) mass is 244 g/mol. The van der Waals surface area contributed by atoms with E-state index < -0.39 is 0 Å². The van der Waals surface area contributed by atoms with Crippen molar-refractivity contribution in [3.8, 4) is 0 Å². The zero-order valence-corrected chi connectivity index (χ0v) is 11.5. The lowest BCUT2D eigenvalue weighted by molar-refractivity contribution is 0.479. The average Bonchev–Trinajstić information content (AvgIpc) is 2.64. The Morgan fingerprint density at radius 3 is 2.80 bits per heavy atom. The molecule has 15 heavy (non-hydrogen) atoms. The highest BCUT2D eigenvalue weighted by atomic mass is 32.2. The van der Waals surface area contributed by atoms with Crippen LogP contribution in [0.4, 0.5) is 0 Å². The number of aryl methyl sites for hydroxylation is 1. The molecule has 0 aliphatic rings. The average molecular weight is 244 g/mol. The van der Waals surface area contributed by atoms with Gasteiger partial charge < -0.3 is 5.32 Å². The quantitative estimate of drug-likeness (QED) is 0.831. The fraction of sp³-hybridized carbons (Fsp3) is 0.727. The molecule has 4 heteroatoms. The summed E-state index contributed by atoms with van der Waals surface area (Å²) < 4.78 is 0. The van der Waals surface area contributed by atoms with E-state index in [0.717, 1.165) is 5.01 Å². The molecule has 1 N–H and O–H groups in total. The van der Waals surface area contributed by atoms with Gasteiger partial charge in [-0.05, 0) is 26.5 Å². The van der Waals surface area contributed by atoms with Crippen LogP contribution in [0.1, 0.15) is 36.2 Å². The van der Waals surface area contributed by atoms with Crippen LogP contribution in [0.25, 0.3) is 0 Å². The van der Waals surface area contributed by atoms with Gasteiger partial charge in [-0.15, -0.1) is 11.3 Å². The lowest BCUT2D eigenvalue weighted by Gasteiger charge is -2.20. The van der Waals surface area contributed by atoms with E-state index in [-0.39, 0.29) is 0 Å². The zero-order valence-electron chi connectivity index (χ0n) is 9.91. The van der Waals surface area contributed by atoms with E-state index in [1.807, 2.05) is 18.0 Å². The van der Waals surface area contributed by atoms with Gasteiger partial charge in [-0.3, -0.25) is 0 Å². The molecule has 86 valence electrons. The molecule has 0 aromatic carbocycles. The fourth-order valence-corrected chi connectivity index (χ4v) is 3.03. The minimum absolute atomic E-state index is 0.424. The van der Waals surface area contributed by atoms with Crippen LogP contribution in [0.3, 0.4) is 0 Å². The second-order valence-electron chi connectivity index (χ2n) is 3.73. The van der Waals surface area contributed by atoms with Gasteiger partial charge in [0.25, 0.3) is 0 Å². The van der Waals surface area contributed by atoms with Crippen LogP contribution >= 0.6 is 23.1 Å². The lowest BCUT2D eigenvalue weighted by Crippen LogP contribution is -2.32. The van der Waals surface area contributed by atoms with Gasteiger partial charge in [0.1, 0.15) is 0 Å². The van der Waals surface area contributed by atoms with E-state index in [0.29, 0.717) is 12.1 Å². The van der Waals surface area contributed by atoms with Crippen molar-refractivity contribution in [2.75, 3.05) is 12.0 Å². The number of hydrogen-bond donors (Lipinski definition) is 1. The Kier molecular flexibility index (Phi) is 5.64. The molecule has 0 saturated carbocycles. The van der Waals surface area contributed by atoms with E-state index in [1.165, 1.54) is 17.1 Å². The molecule has 2 nitrogen and oxygen atoms in total. The summed E-state index contributed by atoms with van der Waals surface area (Å²) >= 11 is 3.69. The SMILES string of the molecule is CCC(CSC)NC(C)c1cnc(C)s1. The molecule has 1 aromatic heterocycles. The third-order valence-electron chi connectivity index (χ3n) is 2.41. The van der Waals surface area contributed by atoms with Gasteiger partial charge in [-0.2, -0.15) is 11.8 Å². The number of thioether (sulfide) groups is 1. The second kappa shape index (κ2) is 6.51. The van der Waals surface area contributed by atoms with E-state index >= 15 is 0 Å². The molecule has 0 aliphatic heterocycles. The molecule has 1 heterocycles. The van der Waals surface area contributed by atoms with Gasteiger partial charge in [0.15, 0.2) is 0 Å². The number of aromatic nitrogens is 1. The molecular formula is C11H20N2S2. The van der Waals surface area contributed by atoms with Crippen LogP contribution < -0.4 is 5.32 Å². The normalized spacial score (nSPS) is 15.2. The molecule has 0 radical (unpaired) electrons. The standard InChI is InChI=1S/C11H20N2S2/c1-5-10(7-14-4)13-8(2)11-6-12-9(3)15-11/h6,8,10,13H,5,7H2,1-4H3. The van der Waals surface area contributed by atoms with Gasteiger partial charge in [0, 0.05) is 28.9 Å². The summed E-state index contributed by atoms with van der Waals surface area (Å²) in [6.07, 6.45) is 5.33. The Balaban J connectivity index is 2.50. The predicted octanol–water partition coefficient (Wildman–Crippen LogP) is 3.24. The first-order valence-electron chi connectivity index (χ1n) is 5.34. The molecule has 0 bridgehead atoms. The Morgan fingerprint density at radius 1 is 1.60 bits per heavy atom. The first-order valence-corrected chi connectivity index (χ1v) is 7.55. The predicted molar refractivity (Wildman–Crippen MR) is 70.9 cm³/mol. The molecule has 1 aromatic rings. The van der Waals surface area contributed by atoms with Crippen LogP contribution in [0, 0.1) is 6.92 Å². The second-order valence-corrected chi connectivity index (χ2v) is 5.91. The minimum atomic E-state index is 0.424. The maximum absolute atomic E-state index is 4.29. The highest BCUT2D eigenvalue weighted by Gasteiger charge is 2.12. The number of hydrogen-bond acceptors (Lipinski definition) is 4. The first-order chi connectivity index (χ1) is 7.17. The smallest absolute Gasteiger partial charge is 0.0897 e. The van der Waals surface area contributed by atoms with Crippen molar-refractivity contribution in [1.82, 2.24) is 10.3 Å². The van der Waals surface area contributed by atoms with Crippen LogP contribution in [0.15, 0.2) is 6.20 Å². The van der Waals surface area contributed by atoms with Crippen molar-refractivity contribution in [2.45, 2.75) is 39.3 Å². The molecule has 0 saturated heterocycles. The van der Waals surface area contributed by atoms with Gasteiger partial charge in [-0.1, -0.05) is 6.92 Å². The molecule has 0 fully saturated rings. The summed E-state index contributed by atoms with van der Waals surface area (Å²) in [5.41, 5.74) is 0. The van der Waals surface area contributed by atoms with Crippen LogP contribution in [-0.2, 0) is 0 Å². The van der Waals surface area contributed by atoms with E-state index in [4.69, 9.17) is 0 Å². The van der Waals surface area contributed by atoms with Gasteiger partial charge in [0.2, 0.25) is 0 Å². The van der Waals surface area contributed by atoms with Crippen molar-refractivity contribution in [1.29, 1.82) is 0 Å². The fourth-order valence-electron chi connectivity index (χ4n) is 1.50. The van der Waals surface area contributed by atoms with E-state index in [9.17, 15) is 0 Å². The zero-order chi connectivity index (χ0) is 11.3. The third kappa shape index (κ3) is 4.13. The Morgan fingerprint density at radius 2 is 2.33 bits per heavy atom. The maximum atomic E-state index is 4.29. The van der Waals surface area contributed by atoms with Crippen molar-refractivity contribution in [3.05, 3.63) is 16.1 Å². The summed E-state index contributed by atoms with van der Waals surface area (Å²) in [5.74, 6) is 1.18. The topological polar surface area (TPSA) is 24.9 Å². The van der Waals surface area contributed by atoms with Crippen molar-refractivity contribution in [2.24, 2.45) is 0 Å². The number of thiazole rings is 1. The van der Waals surface area contributed by atoms with Gasteiger partial charge >= 0.3 is 0 Å². The van der Waals surface area contributed by atoms with Crippen LogP contribution in [-0.4, -0.2) is 23.0 Å². The lowest BCUT2D eigenvalue weighted by atomic mass is 10.2. The Labute approximate surface area is 101 Å². The number of rotatable bonds is 6. The largest absolute Gasteiger partial charge is 0.306 e. The highest BCUT2D eigenvalue weighted by Crippen LogP contribution is 2.21. The molecule has 2 atom stereocenters. The molecule has 2 unspecified atom stereocenters. The third-order valence-corrected chi connectivity index (χ3v) is 4.24. The number of nitrogens with zero attached hydrogens (tertiary/aromatic N) is 1. The van der Waals surface area contributed by atoms with E-state index in [1.54, 1.807) is 11.3 Å². The van der Waals surface area contributed by atoms with Crippen LogP contribution in [0.2, 0.25) is 0 Å². The summed E-state index contributed by atoms with van der Waals surface area (Å²) in [6, 6.07) is 1.03. The van der Waals surface area contributed by atoms with E-state index in [2.05, 4.69) is 37.3 Å². The Bertz CT molecular complexity index is 286. The Hall–Kier alpha value is -0.0600. The highest BCUT2D eigenvalue weighted by molar-refractivity contribution is 7.98. The maximum Gasteiger partial charge on any atom is 0.0897 e. The molecule has 0 aliphatic carbocycles. The van der Waals surface area contributed by atoms with Gasteiger partial charge in [-0.25, -0.2) is 4.98 Å². The molecule has 0 amide bonds. The van der Waals surface area contributed by atoms with Crippen LogP contribution in [0.5, 0.6) is 0 Å². The summed E-state index contributed by atoms with van der Waals surface area (Å²) in [6.45, 7) is 6.51.